The molecule has 0 spiro atoms. The fourth-order valence-electron chi connectivity index (χ4n) is 0. The van der Waals surface area contributed by atoms with E-state index in [0.717, 1.165) is 0 Å². The molecule has 0 bridgehead atoms. The van der Waals surface area contributed by atoms with Gasteiger partial charge in [-0.2, -0.15) is 0 Å². The molecule has 0 aliphatic carbocycles. The molecule has 0 radical (unpaired) electrons. The maximum absolute atomic E-state index is 8.74. The Bertz CT molecular complexity index is 29.9. The summed E-state index contributed by atoms with van der Waals surface area (Å²) >= 11 is 0. The zero-order valence-corrected chi connectivity index (χ0v) is 2.80. The van der Waals surface area contributed by atoms with Crippen molar-refractivity contribution in [1.82, 2.24) is 0 Å². The topological polar surface area (TPSA) is 57.5 Å². The molecule has 0 rings (SSSR count). The zero-order valence-electron chi connectivity index (χ0n) is 1.80. The molecule has 5 heteroatoms. The molecule has 0 aromatic heterocycles. The van der Waals surface area contributed by atoms with Gasteiger partial charge in [0.2, 0.25) is 0 Å². The van der Waals surface area contributed by atoms with Gasteiger partial charge in [0, 0.05) is 0 Å². The quantitative estimate of drug-likeness (QED) is 0.347. The molecule has 28 valence electrons. The normalized spacial score (nSPS) is 4.80. The van der Waals surface area contributed by atoms with Crippen molar-refractivity contribution in [2.75, 3.05) is 0 Å². The molecule has 5 heavy (non-hydrogen) atoms. The predicted molar refractivity (Wildman–Crippen MR) is 19.4 cm³/mol. The summed E-state index contributed by atoms with van der Waals surface area (Å²) in [6.07, 6.45) is 0. The number of hydrogen-bond acceptors (Lipinski definition) is 1. The minimum atomic E-state index is -3.13. The van der Waals surface area contributed by atoms with Crippen LogP contribution in [0.2, 0.25) is 0 Å². The molecule has 0 saturated carbocycles. The first-order chi connectivity index (χ1) is 1.73. The molecule has 0 aliphatic heterocycles. The van der Waals surface area contributed by atoms with Gasteiger partial charge in [0.15, 0.2) is 0 Å². The van der Waals surface area contributed by atoms with Crippen molar-refractivity contribution >= 4 is 46.9 Å². The summed E-state index contributed by atoms with van der Waals surface area (Å²) in [6, 6.07) is 0. The van der Waals surface area contributed by atoms with E-state index >= 15 is 0 Å². The summed E-state index contributed by atoms with van der Waals surface area (Å²) in [5.41, 5.74) is 0. The van der Waals surface area contributed by atoms with E-state index < -0.39 is 9.17 Å². The van der Waals surface area contributed by atoms with Crippen LogP contribution in [0.25, 0.3) is 0 Å². The SMILES string of the molecule is O=[Si](O)O.[CaH2]. The Balaban J connectivity index is 0. The summed E-state index contributed by atoms with van der Waals surface area (Å²) in [5.74, 6) is 0. The van der Waals surface area contributed by atoms with Crippen molar-refractivity contribution < 1.29 is 14.1 Å². The Kier molecular flexibility index (Phi) is 9.07. The third-order valence-electron chi connectivity index (χ3n) is 0. The van der Waals surface area contributed by atoms with E-state index in [1.165, 1.54) is 0 Å². The first-order valence-corrected chi connectivity index (χ1v) is 1.95. The molecule has 0 fully saturated rings. The molecule has 0 aliphatic rings. The van der Waals surface area contributed by atoms with E-state index in [-0.39, 0.29) is 37.7 Å². The molecule has 0 aromatic rings. The minimum absolute atomic E-state index is 0. The van der Waals surface area contributed by atoms with Gasteiger partial charge >= 0.3 is 46.9 Å². The Morgan fingerprint density at radius 3 is 1.40 bits per heavy atom. The second-order valence-electron chi connectivity index (χ2n) is 0.283. The average Bonchev–Trinajstić information content (AvgIpc) is 0.811. The van der Waals surface area contributed by atoms with Crippen LogP contribution < -0.4 is 0 Å². The van der Waals surface area contributed by atoms with Crippen LogP contribution >= 0.6 is 0 Å². The van der Waals surface area contributed by atoms with Crippen LogP contribution in [0.15, 0.2) is 0 Å². The first kappa shape index (κ1) is 9.30. The van der Waals surface area contributed by atoms with Gasteiger partial charge in [0.25, 0.3) is 0 Å². The van der Waals surface area contributed by atoms with Crippen molar-refractivity contribution in [3.63, 3.8) is 0 Å². The van der Waals surface area contributed by atoms with E-state index in [4.69, 9.17) is 14.1 Å². The Labute approximate surface area is 60.5 Å². The van der Waals surface area contributed by atoms with Gasteiger partial charge in [0.1, 0.15) is 0 Å². The van der Waals surface area contributed by atoms with Crippen LogP contribution in [0.1, 0.15) is 0 Å². The van der Waals surface area contributed by atoms with Gasteiger partial charge < -0.3 is 9.59 Å². The first-order valence-electron chi connectivity index (χ1n) is 0.651. The van der Waals surface area contributed by atoms with Gasteiger partial charge in [-0.05, 0) is 0 Å². The van der Waals surface area contributed by atoms with E-state index in [1.807, 2.05) is 0 Å². The fraction of sp³-hybridized carbons (Fsp3) is 0. The van der Waals surface area contributed by atoms with Crippen molar-refractivity contribution in [1.29, 1.82) is 0 Å². The molecule has 0 unspecified atom stereocenters. The van der Waals surface area contributed by atoms with Gasteiger partial charge in [-0.1, -0.05) is 0 Å². The van der Waals surface area contributed by atoms with Crippen LogP contribution in [-0.4, -0.2) is 56.5 Å². The number of rotatable bonds is 0. The zero-order chi connectivity index (χ0) is 3.58. The van der Waals surface area contributed by atoms with Crippen molar-refractivity contribution in [3.05, 3.63) is 0 Å². The van der Waals surface area contributed by atoms with E-state index in [1.54, 1.807) is 0 Å². The maximum atomic E-state index is 8.74. The summed E-state index contributed by atoms with van der Waals surface area (Å²) in [5, 5.41) is 0. The molecular formula is H4CaO3Si. The van der Waals surface area contributed by atoms with Gasteiger partial charge in [0.05, 0.1) is 0 Å². The second kappa shape index (κ2) is 4.88. The Hall–Kier alpha value is 0.877. The van der Waals surface area contributed by atoms with Crippen LogP contribution in [0, 0.1) is 0 Å². The van der Waals surface area contributed by atoms with Crippen molar-refractivity contribution in [2.24, 2.45) is 0 Å². The molecule has 0 atom stereocenters. The predicted octanol–water partition coefficient (Wildman–Crippen LogP) is -2.53. The Morgan fingerprint density at radius 2 is 1.40 bits per heavy atom. The molecular weight excluding hydrogens is 116 g/mol. The van der Waals surface area contributed by atoms with Crippen LogP contribution in [0.3, 0.4) is 0 Å². The standard InChI is InChI=1S/Ca.H2O3Si.2H/c;1-4(2)3;;/h;1-2H;;. The fourth-order valence-corrected chi connectivity index (χ4v) is 0. The summed E-state index contributed by atoms with van der Waals surface area (Å²) in [4.78, 5) is 14.3. The third-order valence-corrected chi connectivity index (χ3v) is 0. The molecule has 3 nitrogen and oxygen atoms in total. The summed E-state index contributed by atoms with van der Waals surface area (Å²) < 4.78 is 8.74. The third kappa shape index (κ3) is 52.5. The van der Waals surface area contributed by atoms with Crippen molar-refractivity contribution in [3.8, 4) is 0 Å². The van der Waals surface area contributed by atoms with E-state index in [0.29, 0.717) is 0 Å². The van der Waals surface area contributed by atoms with E-state index in [2.05, 4.69) is 0 Å². The summed E-state index contributed by atoms with van der Waals surface area (Å²) in [6.45, 7) is 0. The second-order valence-corrected chi connectivity index (χ2v) is 0.848. The van der Waals surface area contributed by atoms with E-state index in [9.17, 15) is 0 Å². The molecule has 0 heterocycles. The van der Waals surface area contributed by atoms with Crippen LogP contribution in [0.5, 0.6) is 0 Å². The molecule has 0 saturated heterocycles. The Morgan fingerprint density at radius 1 is 1.40 bits per heavy atom. The molecule has 0 amide bonds. The summed E-state index contributed by atoms with van der Waals surface area (Å²) in [7, 11) is -3.13. The monoisotopic (exact) mass is 120 g/mol. The van der Waals surface area contributed by atoms with Gasteiger partial charge in [-0.25, -0.2) is 0 Å². The van der Waals surface area contributed by atoms with Crippen molar-refractivity contribution in [2.45, 2.75) is 0 Å². The molecule has 2 N–H and O–H groups in total. The average molecular weight is 120 g/mol. The van der Waals surface area contributed by atoms with Gasteiger partial charge in [-0.3, -0.25) is 4.46 Å². The number of hydrogen-bond donors (Lipinski definition) is 2. The van der Waals surface area contributed by atoms with Crippen LogP contribution in [-0.2, 0) is 4.46 Å². The van der Waals surface area contributed by atoms with Crippen LogP contribution in [0.4, 0.5) is 0 Å². The molecule has 0 aromatic carbocycles. The van der Waals surface area contributed by atoms with Gasteiger partial charge in [-0.15, -0.1) is 0 Å².